The van der Waals surface area contributed by atoms with Crippen molar-refractivity contribution in [2.75, 3.05) is 13.1 Å². The second-order valence-corrected chi connectivity index (χ2v) is 10.8. The van der Waals surface area contributed by atoms with Gasteiger partial charge in [0.1, 0.15) is 0 Å². The van der Waals surface area contributed by atoms with Crippen LogP contribution in [0.15, 0.2) is 36.4 Å². The Kier molecular flexibility index (Phi) is 4.51. The fraction of sp³-hybridized carbons (Fsp3) is 0.500. The predicted octanol–water partition coefficient (Wildman–Crippen LogP) is 4.64. The van der Waals surface area contributed by atoms with Crippen LogP contribution in [0.1, 0.15) is 73.6 Å². The van der Waals surface area contributed by atoms with Gasteiger partial charge in [-0.1, -0.05) is 45.0 Å². The van der Waals surface area contributed by atoms with Crippen molar-refractivity contribution in [3.63, 3.8) is 0 Å². The summed E-state index contributed by atoms with van der Waals surface area (Å²) in [7, 11) is 0. The average Bonchev–Trinajstić information content (AvgIpc) is 2.97. The van der Waals surface area contributed by atoms with Crippen molar-refractivity contribution in [2.45, 2.75) is 58.9 Å². The molecule has 2 aliphatic heterocycles. The lowest BCUT2D eigenvalue weighted by Gasteiger charge is -2.39. The van der Waals surface area contributed by atoms with Crippen LogP contribution >= 0.6 is 0 Å². The van der Waals surface area contributed by atoms with Gasteiger partial charge in [0.05, 0.1) is 0 Å². The Bertz CT molecular complexity index is 1050. The molecule has 2 fully saturated rings. The summed E-state index contributed by atoms with van der Waals surface area (Å²) >= 11 is 0. The second kappa shape index (κ2) is 6.91. The number of carbonyl (C=O) groups excluding carboxylic acids is 3. The van der Waals surface area contributed by atoms with Crippen molar-refractivity contribution >= 4 is 28.5 Å². The Morgan fingerprint density at radius 1 is 1.00 bits per heavy atom. The van der Waals surface area contributed by atoms with E-state index in [9.17, 15) is 14.4 Å². The fourth-order valence-corrected chi connectivity index (χ4v) is 6.57. The third kappa shape index (κ3) is 3.35. The summed E-state index contributed by atoms with van der Waals surface area (Å²) in [5.74, 6) is -0.355. The molecule has 1 saturated heterocycles. The number of likely N-dealkylation sites (tertiary alicyclic amines) is 1. The van der Waals surface area contributed by atoms with E-state index in [1.165, 1.54) is 4.90 Å². The average molecular weight is 419 g/mol. The van der Waals surface area contributed by atoms with Gasteiger partial charge in [0.15, 0.2) is 0 Å². The molecular weight excluding hydrogens is 388 g/mol. The maximum Gasteiger partial charge on any atom is 0.261 e. The zero-order valence-electron chi connectivity index (χ0n) is 18.6. The van der Waals surface area contributed by atoms with Gasteiger partial charge in [0.2, 0.25) is 5.91 Å². The van der Waals surface area contributed by atoms with Crippen LogP contribution in [0.3, 0.4) is 0 Å². The number of fused-ring (bicyclic) bond motifs is 2. The molecule has 2 heterocycles. The number of imide groups is 1. The quantitative estimate of drug-likeness (QED) is 0.680. The number of amides is 3. The molecule has 0 radical (unpaired) electrons. The summed E-state index contributed by atoms with van der Waals surface area (Å²) in [5.41, 5.74) is 1.63. The minimum Gasteiger partial charge on any atom is -0.339 e. The van der Waals surface area contributed by atoms with Crippen LogP contribution < -0.4 is 0 Å². The molecule has 31 heavy (non-hydrogen) atoms. The molecule has 5 nitrogen and oxygen atoms in total. The zero-order valence-corrected chi connectivity index (χ0v) is 18.6. The molecule has 1 aliphatic carbocycles. The highest BCUT2D eigenvalue weighted by Crippen LogP contribution is 2.52. The fourth-order valence-electron chi connectivity index (χ4n) is 6.57. The highest BCUT2D eigenvalue weighted by Gasteiger charge is 2.50. The molecule has 2 aromatic carbocycles. The van der Waals surface area contributed by atoms with Crippen LogP contribution in [0, 0.1) is 10.8 Å². The molecule has 0 N–H and O–H groups in total. The summed E-state index contributed by atoms with van der Waals surface area (Å²) in [4.78, 5) is 42.5. The van der Waals surface area contributed by atoms with Gasteiger partial charge in [-0.15, -0.1) is 0 Å². The van der Waals surface area contributed by atoms with E-state index in [4.69, 9.17) is 0 Å². The number of benzene rings is 2. The molecule has 5 heteroatoms. The van der Waals surface area contributed by atoms with Crippen molar-refractivity contribution in [3.8, 4) is 0 Å². The second-order valence-electron chi connectivity index (χ2n) is 10.8. The van der Waals surface area contributed by atoms with E-state index >= 15 is 0 Å². The van der Waals surface area contributed by atoms with E-state index in [0.29, 0.717) is 30.0 Å². The van der Waals surface area contributed by atoms with E-state index in [2.05, 4.69) is 25.7 Å². The lowest BCUT2D eigenvalue weighted by molar-refractivity contribution is -0.132. The lowest BCUT2D eigenvalue weighted by atomic mass is 9.65. The molecule has 0 unspecified atom stereocenters. The van der Waals surface area contributed by atoms with E-state index in [0.717, 1.165) is 36.6 Å². The van der Waals surface area contributed by atoms with Gasteiger partial charge in [-0.05, 0) is 54.0 Å². The van der Waals surface area contributed by atoms with Crippen molar-refractivity contribution in [1.82, 2.24) is 9.80 Å². The Hall–Kier alpha value is -2.69. The van der Waals surface area contributed by atoms with Gasteiger partial charge >= 0.3 is 0 Å². The third-order valence-corrected chi connectivity index (χ3v) is 7.36. The van der Waals surface area contributed by atoms with Gasteiger partial charge in [-0.3, -0.25) is 19.3 Å². The monoisotopic (exact) mass is 418 g/mol. The Labute approximate surface area is 183 Å². The first kappa shape index (κ1) is 20.2. The SMILES string of the molecule is CC1(C)C[C@H]2C[C@@](C)(CN2C(=O)CCCN2C(=O)c3cccc4cccc(c34)C2=O)C1. The lowest BCUT2D eigenvalue weighted by Crippen LogP contribution is -2.41. The number of hydrogen-bond donors (Lipinski definition) is 0. The number of nitrogens with zero attached hydrogens (tertiary/aromatic N) is 2. The van der Waals surface area contributed by atoms with Gasteiger partial charge < -0.3 is 4.90 Å². The highest BCUT2D eigenvalue weighted by molar-refractivity contribution is 6.25. The molecule has 0 aromatic heterocycles. The molecule has 2 atom stereocenters. The van der Waals surface area contributed by atoms with Gasteiger partial charge in [0, 0.05) is 42.1 Å². The molecule has 5 rings (SSSR count). The van der Waals surface area contributed by atoms with Gasteiger partial charge in [-0.2, -0.15) is 0 Å². The van der Waals surface area contributed by atoms with Crippen LogP contribution in [-0.4, -0.2) is 46.7 Å². The largest absolute Gasteiger partial charge is 0.339 e. The smallest absolute Gasteiger partial charge is 0.261 e. The molecule has 3 amide bonds. The zero-order chi connectivity index (χ0) is 22.0. The predicted molar refractivity (Wildman–Crippen MR) is 120 cm³/mol. The topological polar surface area (TPSA) is 57.7 Å². The van der Waals surface area contributed by atoms with E-state index in [-0.39, 0.29) is 35.1 Å². The first-order valence-corrected chi connectivity index (χ1v) is 11.3. The van der Waals surface area contributed by atoms with Crippen LogP contribution in [0.2, 0.25) is 0 Å². The molecule has 3 aliphatic rings. The number of rotatable bonds is 4. The van der Waals surface area contributed by atoms with Crippen molar-refractivity contribution < 1.29 is 14.4 Å². The van der Waals surface area contributed by atoms with Crippen molar-refractivity contribution in [1.29, 1.82) is 0 Å². The summed E-state index contributed by atoms with van der Waals surface area (Å²) in [6.07, 6.45) is 4.17. The van der Waals surface area contributed by atoms with Crippen LogP contribution in [-0.2, 0) is 4.79 Å². The minimum absolute atomic E-state index is 0.158. The highest BCUT2D eigenvalue weighted by atomic mass is 16.2. The minimum atomic E-state index is -0.256. The number of hydrogen-bond acceptors (Lipinski definition) is 3. The summed E-state index contributed by atoms with van der Waals surface area (Å²) in [6.45, 7) is 8.01. The maximum atomic E-state index is 13.0. The Morgan fingerprint density at radius 3 is 2.29 bits per heavy atom. The Balaban J connectivity index is 1.27. The van der Waals surface area contributed by atoms with Crippen LogP contribution in [0.25, 0.3) is 10.8 Å². The molecular formula is C26H30N2O3. The molecule has 2 aromatic rings. The Morgan fingerprint density at radius 2 is 1.65 bits per heavy atom. The molecule has 2 bridgehead atoms. The standard InChI is InChI=1S/C26H30N2O3/c1-25(2)13-18-14-26(3,15-25)16-28(18)21(29)11-6-12-27-23(30)19-9-4-7-17-8-5-10-20(22(17)19)24(27)31/h4-5,7-10,18H,6,11-16H2,1-3H3/t18-,26+/m0/s1. The molecule has 1 saturated carbocycles. The summed E-state index contributed by atoms with van der Waals surface area (Å²) in [6, 6.07) is 11.4. The van der Waals surface area contributed by atoms with Crippen LogP contribution in [0.4, 0.5) is 0 Å². The van der Waals surface area contributed by atoms with E-state index in [1.807, 2.05) is 24.3 Å². The van der Waals surface area contributed by atoms with E-state index < -0.39 is 0 Å². The van der Waals surface area contributed by atoms with E-state index in [1.54, 1.807) is 12.1 Å². The van der Waals surface area contributed by atoms with Crippen LogP contribution in [0.5, 0.6) is 0 Å². The third-order valence-electron chi connectivity index (χ3n) is 7.36. The van der Waals surface area contributed by atoms with Crippen molar-refractivity contribution in [3.05, 3.63) is 47.5 Å². The maximum absolute atomic E-state index is 13.0. The summed E-state index contributed by atoms with van der Waals surface area (Å²) in [5, 5.41) is 1.65. The first-order chi connectivity index (χ1) is 14.7. The number of carbonyl (C=O) groups is 3. The first-order valence-electron chi connectivity index (χ1n) is 11.3. The van der Waals surface area contributed by atoms with Crippen molar-refractivity contribution in [2.24, 2.45) is 10.8 Å². The van der Waals surface area contributed by atoms with Gasteiger partial charge in [-0.25, -0.2) is 0 Å². The molecule has 0 spiro atoms. The summed E-state index contributed by atoms with van der Waals surface area (Å²) < 4.78 is 0. The molecule has 162 valence electrons. The normalized spacial score (nSPS) is 26.6. The van der Waals surface area contributed by atoms with Gasteiger partial charge in [0.25, 0.3) is 11.8 Å².